The summed E-state index contributed by atoms with van der Waals surface area (Å²) in [5.74, 6) is -1.31. The van der Waals surface area contributed by atoms with Crippen molar-refractivity contribution in [3.63, 3.8) is 0 Å². The summed E-state index contributed by atoms with van der Waals surface area (Å²) in [4.78, 5) is 26.1. The summed E-state index contributed by atoms with van der Waals surface area (Å²) in [5.41, 5.74) is 1.11. The molecule has 0 aliphatic carbocycles. The van der Waals surface area contributed by atoms with E-state index in [0.29, 0.717) is 12.2 Å². The number of nitrogens with one attached hydrogen (secondary N) is 1. The summed E-state index contributed by atoms with van der Waals surface area (Å²) < 4.78 is 18.5. The first kappa shape index (κ1) is 16.0. The Kier molecular flexibility index (Phi) is 4.46. The van der Waals surface area contributed by atoms with E-state index in [9.17, 15) is 14.0 Å². The van der Waals surface area contributed by atoms with Crippen LogP contribution in [0.4, 0.5) is 15.8 Å². The predicted octanol–water partition coefficient (Wildman–Crippen LogP) is 2.83. The third-order valence-electron chi connectivity index (χ3n) is 3.98. The van der Waals surface area contributed by atoms with Crippen molar-refractivity contribution >= 4 is 23.2 Å². The molecular formula is C18H17FN2O3. The highest BCUT2D eigenvalue weighted by Gasteiger charge is 2.35. The Morgan fingerprint density at radius 1 is 1.25 bits per heavy atom. The topological polar surface area (TPSA) is 58.6 Å². The number of rotatable bonds is 4. The van der Waals surface area contributed by atoms with E-state index in [4.69, 9.17) is 4.74 Å². The fourth-order valence-corrected chi connectivity index (χ4v) is 2.73. The molecule has 1 fully saturated rings. The molecule has 0 bridgehead atoms. The van der Waals surface area contributed by atoms with Gasteiger partial charge in [0.05, 0.1) is 13.0 Å². The van der Waals surface area contributed by atoms with Gasteiger partial charge in [-0.3, -0.25) is 9.59 Å². The van der Waals surface area contributed by atoms with E-state index in [2.05, 4.69) is 5.32 Å². The van der Waals surface area contributed by atoms with Crippen molar-refractivity contribution in [2.75, 3.05) is 23.9 Å². The average Bonchev–Trinajstić information content (AvgIpc) is 2.98. The average molecular weight is 328 g/mol. The van der Waals surface area contributed by atoms with Crippen LogP contribution in [0.15, 0.2) is 48.5 Å². The SMILES string of the molecule is COc1ccc(NC(=O)[C@H]2CC(=O)N(c3ccccc3)C2)cc1F. The first-order valence-electron chi connectivity index (χ1n) is 7.58. The number of amides is 2. The van der Waals surface area contributed by atoms with Crippen LogP contribution in [0.3, 0.4) is 0 Å². The number of ether oxygens (including phenoxy) is 1. The lowest BCUT2D eigenvalue weighted by Gasteiger charge is -2.16. The van der Waals surface area contributed by atoms with E-state index in [1.165, 1.54) is 19.2 Å². The zero-order valence-corrected chi connectivity index (χ0v) is 13.2. The Bertz CT molecular complexity index is 764. The van der Waals surface area contributed by atoms with Crippen molar-refractivity contribution in [3.05, 3.63) is 54.3 Å². The third kappa shape index (κ3) is 3.22. The van der Waals surface area contributed by atoms with Crippen LogP contribution in [0.5, 0.6) is 5.75 Å². The second kappa shape index (κ2) is 6.70. The fourth-order valence-electron chi connectivity index (χ4n) is 2.73. The molecule has 0 spiro atoms. The number of para-hydroxylation sites is 1. The van der Waals surface area contributed by atoms with Gasteiger partial charge in [0.2, 0.25) is 11.8 Å². The van der Waals surface area contributed by atoms with E-state index in [1.54, 1.807) is 11.0 Å². The molecule has 2 aromatic rings. The standard InChI is InChI=1S/C18H17FN2O3/c1-24-16-8-7-13(10-15(16)19)20-18(23)12-9-17(22)21(11-12)14-5-3-2-4-6-14/h2-8,10,12H,9,11H2,1H3,(H,20,23)/t12-/m0/s1. The molecule has 0 unspecified atom stereocenters. The number of methoxy groups -OCH3 is 1. The maximum Gasteiger partial charge on any atom is 0.229 e. The van der Waals surface area contributed by atoms with Crippen molar-refractivity contribution in [2.45, 2.75) is 6.42 Å². The maximum atomic E-state index is 13.7. The minimum atomic E-state index is -0.552. The van der Waals surface area contributed by atoms with Crippen LogP contribution in [0.1, 0.15) is 6.42 Å². The number of carbonyl (C=O) groups excluding carboxylic acids is 2. The van der Waals surface area contributed by atoms with Crippen molar-refractivity contribution in [1.29, 1.82) is 0 Å². The lowest BCUT2D eigenvalue weighted by molar-refractivity contribution is -0.122. The smallest absolute Gasteiger partial charge is 0.229 e. The van der Waals surface area contributed by atoms with Crippen molar-refractivity contribution in [3.8, 4) is 5.75 Å². The molecular weight excluding hydrogens is 311 g/mol. The molecule has 2 aromatic carbocycles. The number of anilines is 2. The third-order valence-corrected chi connectivity index (χ3v) is 3.98. The Hall–Kier alpha value is -2.89. The highest BCUT2D eigenvalue weighted by Crippen LogP contribution is 2.26. The first-order chi connectivity index (χ1) is 11.6. The van der Waals surface area contributed by atoms with Crippen molar-refractivity contribution < 1.29 is 18.7 Å². The van der Waals surface area contributed by atoms with Gasteiger partial charge in [-0.25, -0.2) is 4.39 Å². The molecule has 1 heterocycles. The zero-order chi connectivity index (χ0) is 17.1. The normalized spacial score (nSPS) is 17.0. The molecule has 1 N–H and O–H groups in total. The second-order valence-electron chi connectivity index (χ2n) is 5.58. The molecule has 1 saturated heterocycles. The van der Waals surface area contributed by atoms with E-state index in [1.807, 2.05) is 30.3 Å². The minimum Gasteiger partial charge on any atom is -0.494 e. The van der Waals surface area contributed by atoms with E-state index >= 15 is 0 Å². The molecule has 5 nitrogen and oxygen atoms in total. The number of benzene rings is 2. The molecule has 0 aromatic heterocycles. The zero-order valence-electron chi connectivity index (χ0n) is 13.2. The van der Waals surface area contributed by atoms with Gasteiger partial charge in [0.15, 0.2) is 11.6 Å². The number of nitrogens with zero attached hydrogens (tertiary/aromatic N) is 1. The van der Waals surface area contributed by atoms with Crippen LogP contribution in [-0.4, -0.2) is 25.5 Å². The van der Waals surface area contributed by atoms with Crippen LogP contribution < -0.4 is 15.0 Å². The number of hydrogen-bond acceptors (Lipinski definition) is 3. The van der Waals surface area contributed by atoms with Crippen molar-refractivity contribution in [2.24, 2.45) is 5.92 Å². The lowest BCUT2D eigenvalue weighted by Crippen LogP contribution is -2.28. The maximum absolute atomic E-state index is 13.7. The monoisotopic (exact) mass is 328 g/mol. The van der Waals surface area contributed by atoms with E-state index in [-0.39, 0.29) is 24.0 Å². The van der Waals surface area contributed by atoms with Gasteiger partial charge < -0.3 is 15.0 Å². The molecule has 0 saturated carbocycles. The molecule has 124 valence electrons. The summed E-state index contributed by atoms with van der Waals surface area (Å²) >= 11 is 0. The van der Waals surface area contributed by atoms with Gasteiger partial charge in [-0.15, -0.1) is 0 Å². The van der Waals surface area contributed by atoms with Crippen LogP contribution in [0.25, 0.3) is 0 Å². The van der Waals surface area contributed by atoms with Gasteiger partial charge in [-0.2, -0.15) is 0 Å². The highest BCUT2D eigenvalue weighted by molar-refractivity contribution is 6.03. The molecule has 1 atom stereocenters. The highest BCUT2D eigenvalue weighted by atomic mass is 19.1. The Balaban J connectivity index is 1.68. The molecule has 0 radical (unpaired) electrons. The van der Waals surface area contributed by atoms with Gasteiger partial charge >= 0.3 is 0 Å². The predicted molar refractivity (Wildman–Crippen MR) is 88.5 cm³/mol. The quantitative estimate of drug-likeness (QED) is 0.939. The molecule has 6 heteroatoms. The van der Waals surface area contributed by atoms with Crippen LogP contribution in [0.2, 0.25) is 0 Å². The summed E-state index contributed by atoms with van der Waals surface area (Å²) in [6.07, 6.45) is 0.138. The minimum absolute atomic E-state index is 0.0951. The largest absolute Gasteiger partial charge is 0.494 e. The molecule has 3 rings (SSSR count). The number of carbonyl (C=O) groups is 2. The molecule has 1 aliphatic rings. The molecule has 2 amide bonds. The second-order valence-corrected chi connectivity index (χ2v) is 5.58. The van der Waals surface area contributed by atoms with Gasteiger partial charge in [-0.1, -0.05) is 18.2 Å². The Morgan fingerprint density at radius 3 is 2.67 bits per heavy atom. The van der Waals surface area contributed by atoms with Crippen LogP contribution in [-0.2, 0) is 9.59 Å². The van der Waals surface area contributed by atoms with Gasteiger partial charge in [0.25, 0.3) is 0 Å². The Morgan fingerprint density at radius 2 is 2.00 bits per heavy atom. The number of hydrogen-bond donors (Lipinski definition) is 1. The Labute approximate surface area is 139 Å². The lowest BCUT2D eigenvalue weighted by atomic mass is 10.1. The van der Waals surface area contributed by atoms with Gasteiger partial charge in [0.1, 0.15) is 0 Å². The number of halogens is 1. The first-order valence-corrected chi connectivity index (χ1v) is 7.58. The van der Waals surface area contributed by atoms with E-state index < -0.39 is 11.7 Å². The van der Waals surface area contributed by atoms with Gasteiger partial charge in [0, 0.05) is 30.4 Å². The summed E-state index contributed by atoms with van der Waals surface area (Å²) in [7, 11) is 1.37. The van der Waals surface area contributed by atoms with Crippen LogP contribution >= 0.6 is 0 Å². The summed E-state index contributed by atoms with van der Waals surface area (Å²) in [6, 6.07) is 13.4. The summed E-state index contributed by atoms with van der Waals surface area (Å²) in [6.45, 7) is 0.313. The van der Waals surface area contributed by atoms with Gasteiger partial charge in [-0.05, 0) is 24.3 Å². The molecule has 1 aliphatic heterocycles. The van der Waals surface area contributed by atoms with E-state index in [0.717, 1.165) is 5.69 Å². The molecule has 24 heavy (non-hydrogen) atoms. The fraction of sp³-hybridized carbons (Fsp3) is 0.222. The van der Waals surface area contributed by atoms with Crippen molar-refractivity contribution in [1.82, 2.24) is 0 Å². The van der Waals surface area contributed by atoms with Crippen LogP contribution in [0, 0.1) is 11.7 Å². The summed E-state index contributed by atoms with van der Waals surface area (Å²) in [5, 5.41) is 2.66.